The van der Waals surface area contributed by atoms with E-state index in [0.717, 1.165) is 27.0 Å². The van der Waals surface area contributed by atoms with Crippen LogP contribution < -0.4 is 10.5 Å². The lowest BCUT2D eigenvalue weighted by molar-refractivity contribution is 0.290. The number of fused-ring (bicyclic) bond motifs is 1. The zero-order valence-electron chi connectivity index (χ0n) is 11.1. The van der Waals surface area contributed by atoms with Gasteiger partial charge in [-0.2, -0.15) is 0 Å². The maximum atomic E-state index is 6.22. The highest BCUT2D eigenvalue weighted by molar-refractivity contribution is 9.10. The molecule has 0 saturated carbocycles. The summed E-state index contributed by atoms with van der Waals surface area (Å²) in [6.07, 6.45) is 0. The first kappa shape index (κ1) is 13.4. The van der Waals surface area contributed by atoms with Gasteiger partial charge in [-0.25, -0.2) is 0 Å². The lowest BCUT2D eigenvalue weighted by atomic mass is 9.86. The first-order valence-corrected chi connectivity index (χ1v) is 6.65. The number of benzene rings is 1. The molecule has 2 aromatic rings. The zero-order chi connectivity index (χ0) is 13.5. The smallest absolute Gasteiger partial charge is 0.148 e. The average Bonchev–Trinajstić information content (AvgIpc) is 2.70. The number of halogens is 1. The molecule has 0 aliphatic rings. The molecule has 2 N–H and O–H groups in total. The van der Waals surface area contributed by atoms with Gasteiger partial charge in [0.05, 0.1) is 17.6 Å². The summed E-state index contributed by atoms with van der Waals surface area (Å²) in [5.41, 5.74) is 6.99. The van der Waals surface area contributed by atoms with E-state index in [-0.39, 0.29) is 11.5 Å². The van der Waals surface area contributed by atoms with Crippen molar-refractivity contribution in [3.8, 4) is 5.75 Å². The van der Waals surface area contributed by atoms with Crippen LogP contribution in [0.5, 0.6) is 5.75 Å². The highest BCUT2D eigenvalue weighted by Gasteiger charge is 2.26. The summed E-state index contributed by atoms with van der Waals surface area (Å²) in [6, 6.07) is 5.68. The second kappa shape index (κ2) is 4.59. The fourth-order valence-corrected chi connectivity index (χ4v) is 2.34. The number of furan rings is 1. The van der Waals surface area contributed by atoms with E-state index >= 15 is 0 Å². The standard InChI is InChI=1S/C14H18BrNO2/c1-14(2,3)13(16)11-6-8-5-9(17-4)7-10(15)12(8)18-11/h5-7,13H,16H2,1-4H3. The summed E-state index contributed by atoms with van der Waals surface area (Å²) in [7, 11) is 1.65. The van der Waals surface area contributed by atoms with Gasteiger partial charge in [0, 0.05) is 5.39 Å². The van der Waals surface area contributed by atoms with Crippen LogP contribution >= 0.6 is 15.9 Å². The lowest BCUT2D eigenvalue weighted by Crippen LogP contribution is -2.25. The molecule has 98 valence electrons. The van der Waals surface area contributed by atoms with Crippen LogP contribution in [0.1, 0.15) is 32.6 Å². The van der Waals surface area contributed by atoms with Crippen LogP contribution in [0.25, 0.3) is 11.0 Å². The van der Waals surface area contributed by atoms with Gasteiger partial charge in [0.15, 0.2) is 0 Å². The Morgan fingerprint density at radius 1 is 1.28 bits per heavy atom. The minimum absolute atomic E-state index is 0.0373. The molecule has 0 radical (unpaired) electrons. The van der Waals surface area contributed by atoms with Crippen molar-refractivity contribution in [2.45, 2.75) is 26.8 Å². The molecule has 0 amide bonds. The molecule has 1 unspecified atom stereocenters. The molecule has 18 heavy (non-hydrogen) atoms. The molecule has 4 heteroatoms. The van der Waals surface area contributed by atoms with Gasteiger partial charge >= 0.3 is 0 Å². The molecular weight excluding hydrogens is 294 g/mol. The summed E-state index contributed by atoms with van der Waals surface area (Å²) in [4.78, 5) is 0. The van der Waals surface area contributed by atoms with Crippen molar-refractivity contribution >= 4 is 26.9 Å². The molecule has 0 aliphatic heterocycles. The van der Waals surface area contributed by atoms with Crippen LogP contribution in [0.4, 0.5) is 0 Å². The molecule has 1 aromatic carbocycles. The van der Waals surface area contributed by atoms with Gasteiger partial charge in [0.25, 0.3) is 0 Å². The SMILES string of the molecule is COc1cc(Br)c2oc(C(N)C(C)(C)C)cc2c1. The molecule has 3 nitrogen and oxygen atoms in total. The highest BCUT2D eigenvalue weighted by atomic mass is 79.9. The van der Waals surface area contributed by atoms with Crippen molar-refractivity contribution < 1.29 is 9.15 Å². The number of hydrogen-bond acceptors (Lipinski definition) is 3. The van der Waals surface area contributed by atoms with Crippen LogP contribution in [0.15, 0.2) is 27.1 Å². The van der Waals surface area contributed by atoms with Crippen LogP contribution in [-0.4, -0.2) is 7.11 Å². The fraction of sp³-hybridized carbons (Fsp3) is 0.429. The van der Waals surface area contributed by atoms with Crippen molar-refractivity contribution in [2.24, 2.45) is 11.1 Å². The molecule has 0 aliphatic carbocycles. The molecule has 1 aromatic heterocycles. The van der Waals surface area contributed by atoms with E-state index in [1.165, 1.54) is 0 Å². The fourth-order valence-electron chi connectivity index (χ4n) is 1.80. The molecule has 0 spiro atoms. The Morgan fingerprint density at radius 2 is 1.94 bits per heavy atom. The number of rotatable bonds is 2. The second-order valence-corrected chi connectivity index (χ2v) is 6.37. The maximum absolute atomic E-state index is 6.22. The van der Waals surface area contributed by atoms with Crippen LogP contribution in [0.2, 0.25) is 0 Å². The molecule has 0 bridgehead atoms. The van der Waals surface area contributed by atoms with Crippen LogP contribution in [0, 0.1) is 5.41 Å². The highest BCUT2D eigenvalue weighted by Crippen LogP contribution is 2.37. The normalized spacial score (nSPS) is 13.9. The van der Waals surface area contributed by atoms with E-state index in [1.54, 1.807) is 7.11 Å². The molecule has 2 rings (SSSR count). The molecule has 1 atom stereocenters. The van der Waals surface area contributed by atoms with E-state index in [9.17, 15) is 0 Å². The summed E-state index contributed by atoms with van der Waals surface area (Å²) >= 11 is 3.49. The quantitative estimate of drug-likeness (QED) is 0.902. The van der Waals surface area contributed by atoms with E-state index in [0.29, 0.717) is 0 Å². The van der Waals surface area contributed by atoms with Crippen molar-refractivity contribution in [1.82, 2.24) is 0 Å². The van der Waals surface area contributed by atoms with Gasteiger partial charge < -0.3 is 14.9 Å². The Morgan fingerprint density at radius 3 is 2.50 bits per heavy atom. The number of nitrogens with two attached hydrogens (primary N) is 1. The Hall–Kier alpha value is -1.00. The Kier molecular flexibility index (Phi) is 3.43. The Bertz CT molecular complexity index is 569. The summed E-state index contributed by atoms with van der Waals surface area (Å²) < 4.78 is 12.0. The van der Waals surface area contributed by atoms with Crippen molar-refractivity contribution in [3.63, 3.8) is 0 Å². The van der Waals surface area contributed by atoms with Crippen molar-refractivity contribution in [1.29, 1.82) is 0 Å². The largest absolute Gasteiger partial charge is 0.497 e. The van der Waals surface area contributed by atoms with Gasteiger partial charge in [-0.1, -0.05) is 20.8 Å². The van der Waals surface area contributed by atoms with Gasteiger partial charge in [0.1, 0.15) is 17.1 Å². The second-order valence-electron chi connectivity index (χ2n) is 5.52. The van der Waals surface area contributed by atoms with Gasteiger partial charge in [-0.05, 0) is 39.5 Å². The summed E-state index contributed by atoms with van der Waals surface area (Å²) in [5.74, 6) is 1.59. The van der Waals surface area contributed by atoms with Crippen molar-refractivity contribution in [2.75, 3.05) is 7.11 Å². The number of methoxy groups -OCH3 is 1. The monoisotopic (exact) mass is 311 g/mol. The molecule has 0 saturated heterocycles. The molecular formula is C14H18BrNO2. The van der Waals surface area contributed by atoms with Gasteiger partial charge in [-0.15, -0.1) is 0 Å². The molecule has 0 fully saturated rings. The third kappa shape index (κ3) is 2.40. The van der Waals surface area contributed by atoms with Crippen molar-refractivity contribution in [3.05, 3.63) is 28.4 Å². The van der Waals surface area contributed by atoms with Gasteiger partial charge in [0.2, 0.25) is 0 Å². The maximum Gasteiger partial charge on any atom is 0.148 e. The van der Waals surface area contributed by atoms with E-state index in [2.05, 4.69) is 36.7 Å². The third-order valence-corrected chi connectivity index (χ3v) is 3.63. The van der Waals surface area contributed by atoms with Crippen LogP contribution in [0.3, 0.4) is 0 Å². The van der Waals surface area contributed by atoms with Crippen LogP contribution in [-0.2, 0) is 0 Å². The predicted molar refractivity (Wildman–Crippen MR) is 76.8 cm³/mol. The predicted octanol–water partition coefficient (Wildman–Crippen LogP) is 4.25. The van der Waals surface area contributed by atoms with E-state index in [4.69, 9.17) is 14.9 Å². The summed E-state index contributed by atoms with van der Waals surface area (Å²) in [5, 5.41) is 0.996. The number of hydrogen-bond donors (Lipinski definition) is 1. The lowest BCUT2D eigenvalue weighted by Gasteiger charge is -2.24. The minimum Gasteiger partial charge on any atom is -0.497 e. The van der Waals surface area contributed by atoms with Gasteiger partial charge in [-0.3, -0.25) is 0 Å². The Balaban J connectivity index is 2.54. The minimum atomic E-state index is -0.136. The van der Waals surface area contributed by atoms with E-state index in [1.807, 2.05) is 18.2 Å². The first-order valence-electron chi connectivity index (χ1n) is 5.85. The number of ether oxygens (including phenoxy) is 1. The average molecular weight is 312 g/mol. The summed E-state index contributed by atoms with van der Waals surface area (Å²) in [6.45, 7) is 6.29. The zero-order valence-corrected chi connectivity index (χ0v) is 12.7. The molecule has 1 heterocycles. The first-order chi connectivity index (χ1) is 8.32. The Labute approximate surface area is 115 Å². The third-order valence-electron chi connectivity index (χ3n) is 3.04. The topological polar surface area (TPSA) is 48.4 Å². The van der Waals surface area contributed by atoms with E-state index < -0.39 is 0 Å².